The lowest BCUT2D eigenvalue weighted by atomic mass is 9.85. The molecule has 2 aromatic carbocycles. The minimum absolute atomic E-state index is 0.194. The van der Waals surface area contributed by atoms with Crippen LogP contribution in [0, 0.1) is 0 Å². The maximum Gasteiger partial charge on any atom is 0.260 e. The number of aromatic nitrogens is 3. The van der Waals surface area contributed by atoms with Crippen LogP contribution in [0.1, 0.15) is 24.0 Å². The molecular weight excluding hydrogens is 403 g/mol. The largest absolute Gasteiger partial charge is 0.260 e. The number of sulfonamides is 1. The number of hydrogen-bond acceptors (Lipinski definition) is 4. The lowest BCUT2D eigenvalue weighted by molar-refractivity contribution is 0.253. The van der Waals surface area contributed by atoms with Crippen LogP contribution in [-0.4, -0.2) is 35.8 Å². The van der Waals surface area contributed by atoms with E-state index in [4.69, 9.17) is 0 Å². The first-order valence-electron chi connectivity index (χ1n) is 9.53. The summed E-state index contributed by atoms with van der Waals surface area (Å²) < 4.78 is 44.1. The highest BCUT2D eigenvalue weighted by Crippen LogP contribution is 2.32. The Labute approximate surface area is 174 Å². The normalized spacial score (nSPS) is 14.1. The number of hydrogen-bond donors (Lipinski definition) is 2. The molecule has 30 heavy (non-hydrogen) atoms. The fourth-order valence-corrected chi connectivity index (χ4v) is 4.92. The maximum absolute atomic E-state index is 15.8. The van der Waals surface area contributed by atoms with Crippen LogP contribution in [-0.2, 0) is 10.0 Å². The van der Waals surface area contributed by atoms with Crippen LogP contribution in [0.2, 0.25) is 0 Å². The summed E-state index contributed by atoms with van der Waals surface area (Å²) in [6.07, 6.45) is 0.0300. The van der Waals surface area contributed by atoms with Crippen molar-refractivity contribution in [3.8, 4) is 0 Å². The highest BCUT2D eigenvalue weighted by molar-refractivity contribution is 7.89. The average Bonchev–Trinajstić information content (AvgIpc) is 3.20. The van der Waals surface area contributed by atoms with Crippen molar-refractivity contribution in [1.29, 1.82) is 0 Å². The van der Waals surface area contributed by atoms with Gasteiger partial charge in [-0.2, -0.15) is 5.10 Å². The Hall–Kier alpha value is -3.10. The maximum atomic E-state index is 15.8. The van der Waals surface area contributed by atoms with Crippen molar-refractivity contribution in [3.63, 3.8) is 0 Å². The van der Waals surface area contributed by atoms with Crippen molar-refractivity contribution in [3.05, 3.63) is 90.1 Å². The molecule has 0 spiro atoms. The Bertz CT molecular complexity index is 1190. The van der Waals surface area contributed by atoms with Crippen molar-refractivity contribution < 1.29 is 12.8 Å². The smallest absolute Gasteiger partial charge is 0.259 e. The third-order valence-electron chi connectivity index (χ3n) is 5.01. The molecule has 154 valence electrons. The van der Waals surface area contributed by atoms with Gasteiger partial charge in [0, 0.05) is 12.1 Å². The van der Waals surface area contributed by atoms with Gasteiger partial charge in [0.25, 0.3) is 10.0 Å². The molecule has 0 aliphatic rings. The van der Waals surface area contributed by atoms with Gasteiger partial charge in [-0.3, -0.25) is 5.10 Å². The first-order valence-corrected chi connectivity index (χ1v) is 11.0. The number of rotatable bonds is 7. The summed E-state index contributed by atoms with van der Waals surface area (Å²) in [5.74, 6) is -0.623. The van der Waals surface area contributed by atoms with Gasteiger partial charge in [0.1, 0.15) is 6.17 Å². The number of nitrogens with zero attached hydrogens (tertiary/aromatic N) is 2. The van der Waals surface area contributed by atoms with Crippen LogP contribution in [0.3, 0.4) is 0 Å². The third kappa shape index (κ3) is 3.96. The minimum atomic E-state index is -4.06. The molecule has 2 atom stereocenters. The van der Waals surface area contributed by atoms with Gasteiger partial charge in [0.2, 0.25) is 5.03 Å². The van der Waals surface area contributed by atoms with E-state index in [1.165, 1.54) is 13.1 Å². The van der Waals surface area contributed by atoms with E-state index in [0.717, 1.165) is 11.1 Å². The molecule has 8 heteroatoms. The number of benzene rings is 2. The Morgan fingerprint density at radius 1 is 0.933 bits per heavy atom. The molecule has 0 amide bonds. The zero-order valence-electron chi connectivity index (χ0n) is 16.2. The number of alkyl halides is 1. The highest BCUT2D eigenvalue weighted by atomic mass is 32.2. The van der Waals surface area contributed by atoms with Crippen molar-refractivity contribution in [2.75, 3.05) is 0 Å². The Balaban J connectivity index is 1.64. The molecular formula is C22H21FN4O2S. The number of fused-ring (bicyclic) bond motifs is 1. The van der Waals surface area contributed by atoms with Gasteiger partial charge in [0.15, 0.2) is 5.65 Å². The number of pyridine rings is 1. The number of H-pyrrole nitrogens is 1. The van der Waals surface area contributed by atoms with Crippen LogP contribution >= 0.6 is 0 Å². The minimum Gasteiger partial charge on any atom is -0.259 e. The SMILES string of the molecule is C[C@H](NS(=O)(=O)c1n[nH]c2ncccc12)C(F)C(c1ccccc1)c1ccccc1. The molecule has 0 fully saturated rings. The number of nitrogens with one attached hydrogen (secondary N) is 2. The molecule has 2 heterocycles. The second kappa shape index (κ2) is 8.33. The zero-order chi connectivity index (χ0) is 21.1. The molecule has 0 aliphatic carbocycles. The monoisotopic (exact) mass is 424 g/mol. The van der Waals surface area contributed by atoms with E-state index >= 15 is 4.39 Å². The molecule has 2 aromatic heterocycles. The molecule has 0 aliphatic heterocycles. The lowest BCUT2D eigenvalue weighted by Crippen LogP contribution is -2.42. The fourth-order valence-electron chi connectivity index (χ4n) is 3.57. The van der Waals surface area contributed by atoms with Gasteiger partial charge in [-0.05, 0) is 30.2 Å². The fraction of sp³-hybridized carbons (Fsp3) is 0.182. The van der Waals surface area contributed by atoms with Crippen molar-refractivity contribution in [2.24, 2.45) is 0 Å². The summed E-state index contributed by atoms with van der Waals surface area (Å²) in [6.45, 7) is 1.52. The molecule has 0 saturated heterocycles. The molecule has 0 bridgehead atoms. The Morgan fingerprint density at radius 3 is 2.13 bits per heavy atom. The van der Waals surface area contributed by atoms with E-state index in [9.17, 15) is 8.42 Å². The second-order valence-electron chi connectivity index (χ2n) is 7.08. The molecule has 4 aromatic rings. The van der Waals surface area contributed by atoms with Gasteiger partial charge < -0.3 is 0 Å². The van der Waals surface area contributed by atoms with E-state index in [0.29, 0.717) is 11.0 Å². The summed E-state index contributed by atoms with van der Waals surface area (Å²) in [5.41, 5.74) is 1.90. The van der Waals surface area contributed by atoms with Gasteiger partial charge >= 0.3 is 0 Å². The topological polar surface area (TPSA) is 87.7 Å². The first-order chi connectivity index (χ1) is 14.5. The average molecular weight is 425 g/mol. The Morgan fingerprint density at radius 2 is 1.53 bits per heavy atom. The van der Waals surface area contributed by atoms with Crippen LogP contribution in [0.15, 0.2) is 84.0 Å². The van der Waals surface area contributed by atoms with Gasteiger partial charge in [-0.25, -0.2) is 22.5 Å². The summed E-state index contributed by atoms with van der Waals surface area (Å²) in [4.78, 5) is 4.05. The summed E-state index contributed by atoms with van der Waals surface area (Å²) >= 11 is 0. The molecule has 6 nitrogen and oxygen atoms in total. The van der Waals surface area contributed by atoms with Crippen LogP contribution in [0.5, 0.6) is 0 Å². The molecule has 2 N–H and O–H groups in total. The van der Waals surface area contributed by atoms with Crippen molar-refractivity contribution in [1.82, 2.24) is 19.9 Å². The molecule has 1 unspecified atom stereocenters. The molecule has 0 radical (unpaired) electrons. The van der Waals surface area contributed by atoms with Gasteiger partial charge in [-0.1, -0.05) is 60.7 Å². The molecule has 4 rings (SSSR count). The van der Waals surface area contributed by atoms with Crippen LogP contribution in [0.25, 0.3) is 11.0 Å². The van der Waals surface area contributed by atoms with E-state index in [1.54, 1.807) is 12.1 Å². The highest BCUT2D eigenvalue weighted by Gasteiger charge is 2.33. The van der Waals surface area contributed by atoms with Crippen LogP contribution < -0.4 is 4.72 Å². The Kier molecular flexibility index (Phi) is 5.61. The third-order valence-corrected chi connectivity index (χ3v) is 6.51. The summed E-state index contributed by atoms with van der Waals surface area (Å²) in [7, 11) is -4.06. The van der Waals surface area contributed by atoms with Crippen molar-refractivity contribution in [2.45, 2.75) is 30.1 Å². The van der Waals surface area contributed by atoms with E-state index in [-0.39, 0.29) is 5.03 Å². The number of aromatic amines is 1. The van der Waals surface area contributed by atoms with Gasteiger partial charge in [0.05, 0.1) is 11.4 Å². The van der Waals surface area contributed by atoms with Crippen molar-refractivity contribution >= 4 is 21.1 Å². The second-order valence-corrected chi connectivity index (χ2v) is 8.71. The summed E-state index contributed by atoms with van der Waals surface area (Å²) in [5, 5.41) is 6.64. The summed E-state index contributed by atoms with van der Waals surface area (Å²) in [6, 6.07) is 20.7. The van der Waals surface area contributed by atoms with Gasteiger partial charge in [-0.15, -0.1) is 0 Å². The standard InChI is InChI=1S/C22H21FN4O2S/c1-15(27-30(28,29)22-18-13-8-14-24-21(18)25-26-22)20(23)19(16-9-4-2-5-10-16)17-11-6-3-7-12-17/h2-15,19-20,27H,1H3,(H,24,25,26)/t15-,20?/m0/s1. The zero-order valence-corrected chi connectivity index (χ0v) is 17.1. The predicted octanol–water partition coefficient (Wildman–Crippen LogP) is 3.79. The van der Waals surface area contributed by atoms with E-state index in [1.807, 2.05) is 60.7 Å². The van der Waals surface area contributed by atoms with E-state index in [2.05, 4.69) is 19.9 Å². The van der Waals surface area contributed by atoms with E-state index < -0.39 is 28.2 Å². The first kappa shape index (κ1) is 20.2. The van der Waals surface area contributed by atoms with Crippen LogP contribution in [0.4, 0.5) is 4.39 Å². The number of halogens is 1. The predicted molar refractivity (Wildman–Crippen MR) is 113 cm³/mol. The lowest BCUT2D eigenvalue weighted by Gasteiger charge is -2.27. The molecule has 0 saturated carbocycles. The quantitative estimate of drug-likeness (QED) is 0.472.